The third kappa shape index (κ3) is 2.39. The van der Waals surface area contributed by atoms with Gasteiger partial charge in [0.25, 0.3) is 0 Å². The van der Waals surface area contributed by atoms with E-state index in [-0.39, 0.29) is 6.10 Å². The van der Waals surface area contributed by atoms with E-state index in [0.717, 1.165) is 25.1 Å². The molecule has 2 aromatic rings. The Morgan fingerprint density at radius 1 is 1.32 bits per heavy atom. The lowest BCUT2D eigenvalue weighted by Crippen LogP contribution is -2.25. The Kier molecular flexibility index (Phi) is 3.58. The summed E-state index contributed by atoms with van der Waals surface area (Å²) in [6.07, 6.45) is 4.84. The predicted molar refractivity (Wildman–Crippen MR) is 76.0 cm³/mol. The van der Waals surface area contributed by atoms with Crippen LogP contribution in [0.1, 0.15) is 17.2 Å². The molecule has 2 heterocycles. The zero-order chi connectivity index (χ0) is 13.1. The van der Waals surface area contributed by atoms with Gasteiger partial charge in [-0.1, -0.05) is 24.3 Å². The van der Waals surface area contributed by atoms with Crippen molar-refractivity contribution >= 4 is 0 Å². The SMILES string of the molecule is CNC[C@@H]1OCCc2cccc(-c3cccnc3)c21. The summed E-state index contributed by atoms with van der Waals surface area (Å²) in [5, 5.41) is 3.22. The largest absolute Gasteiger partial charge is 0.372 e. The summed E-state index contributed by atoms with van der Waals surface area (Å²) in [6, 6.07) is 10.6. The molecule has 0 aliphatic carbocycles. The summed E-state index contributed by atoms with van der Waals surface area (Å²) < 4.78 is 5.92. The van der Waals surface area contributed by atoms with Gasteiger partial charge in [-0.15, -0.1) is 0 Å². The highest BCUT2D eigenvalue weighted by atomic mass is 16.5. The van der Waals surface area contributed by atoms with Crippen molar-refractivity contribution in [3.8, 4) is 11.1 Å². The van der Waals surface area contributed by atoms with Crippen molar-refractivity contribution in [1.29, 1.82) is 0 Å². The lowest BCUT2D eigenvalue weighted by atomic mass is 9.89. The Labute approximate surface area is 113 Å². The van der Waals surface area contributed by atoms with Gasteiger partial charge in [0.15, 0.2) is 0 Å². The molecule has 1 aromatic heterocycles. The molecule has 0 amide bonds. The maximum Gasteiger partial charge on any atom is 0.0957 e. The molecule has 3 rings (SSSR count). The van der Waals surface area contributed by atoms with Gasteiger partial charge in [0, 0.05) is 24.5 Å². The maximum atomic E-state index is 5.92. The molecule has 3 heteroatoms. The average molecular weight is 254 g/mol. The van der Waals surface area contributed by atoms with Crippen LogP contribution < -0.4 is 5.32 Å². The molecule has 1 aliphatic rings. The standard InChI is InChI=1S/C16H18N2O/c1-17-11-15-16-12(7-9-19-15)4-2-6-14(16)13-5-3-8-18-10-13/h2-6,8,10,15,17H,7,9,11H2,1H3/t15-/m0/s1. The number of benzene rings is 1. The Hall–Kier alpha value is -1.71. The van der Waals surface area contributed by atoms with E-state index >= 15 is 0 Å². The van der Waals surface area contributed by atoms with Crippen molar-refractivity contribution in [2.45, 2.75) is 12.5 Å². The zero-order valence-corrected chi connectivity index (χ0v) is 11.1. The van der Waals surface area contributed by atoms with Crippen LogP contribution in [0.25, 0.3) is 11.1 Å². The first-order chi connectivity index (χ1) is 9.40. The van der Waals surface area contributed by atoms with Crippen molar-refractivity contribution in [2.75, 3.05) is 20.2 Å². The summed E-state index contributed by atoms with van der Waals surface area (Å²) >= 11 is 0. The quantitative estimate of drug-likeness (QED) is 0.914. The van der Waals surface area contributed by atoms with Crippen molar-refractivity contribution in [2.24, 2.45) is 0 Å². The molecule has 98 valence electrons. The van der Waals surface area contributed by atoms with E-state index in [1.54, 1.807) is 6.20 Å². The van der Waals surface area contributed by atoms with Crippen LogP contribution in [-0.4, -0.2) is 25.2 Å². The van der Waals surface area contributed by atoms with Gasteiger partial charge in [0.2, 0.25) is 0 Å². The number of hydrogen-bond donors (Lipinski definition) is 1. The third-order valence-corrected chi connectivity index (χ3v) is 3.57. The molecule has 0 saturated carbocycles. The van der Waals surface area contributed by atoms with Gasteiger partial charge < -0.3 is 10.1 Å². The molecule has 1 atom stereocenters. The molecule has 1 aromatic carbocycles. The van der Waals surface area contributed by atoms with Gasteiger partial charge in [-0.2, -0.15) is 0 Å². The molecule has 19 heavy (non-hydrogen) atoms. The number of likely N-dealkylation sites (N-methyl/N-ethyl adjacent to an activating group) is 1. The van der Waals surface area contributed by atoms with E-state index in [1.165, 1.54) is 16.7 Å². The van der Waals surface area contributed by atoms with E-state index in [4.69, 9.17) is 4.74 Å². The van der Waals surface area contributed by atoms with Crippen LogP contribution in [0, 0.1) is 0 Å². The number of nitrogens with zero attached hydrogens (tertiary/aromatic N) is 1. The number of pyridine rings is 1. The normalized spacial score (nSPS) is 18.1. The number of ether oxygens (including phenoxy) is 1. The first-order valence-electron chi connectivity index (χ1n) is 6.68. The van der Waals surface area contributed by atoms with E-state index < -0.39 is 0 Å². The van der Waals surface area contributed by atoms with Crippen LogP contribution in [0.3, 0.4) is 0 Å². The van der Waals surface area contributed by atoms with Crippen LogP contribution >= 0.6 is 0 Å². The fourth-order valence-electron chi connectivity index (χ4n) is 2.73. The second kappa shape index (κ2) is 5.51. The molecule has 3 nitrogen and oxygen atoms in total. The van der Waals surface area contributed by atoms with E-state index in [9.17, 15) is 0 Å². The highest BCUT2D eigenvalue weighted by Gasteiger charge is 2.23. The number of hydrogen-bond acceptors (Lipinski definition) is 3. The smallest absolute Gasteiger partial charge is 0.0957 e. The zero-order valence-electron chi connectivity index (χ0n) is 11.1. The monoisotopic (exact) mass is 254 g/mol. The molecule has 0 spiro atoms. The third-order valence-electron chi connectivity index (χ3n) is 3.57. The number of aromatic nitrogens is 1. The number of nitrogens with one attached hydrogen (secondary N) is 1. The average Bonchev–Trinajstić information content (AvgIpc) is 2.48. The number of fused-ring (bicyclic) bond motifs is 1. The maximum absolute atomic E-state index is 5.92. The number of rotatable bonds is 3. The van der Waals surface area contributed by atoms with Gasteiger partial charge in [-0.25, -0.2) is 0 Å². The minimum Gasteiger partial charge on any atom is -0.372 e. The molecule has 0 bridgehead atoms. The van der Waals surface area contributed by atoms with Gasteiger partial charge in [0.1, 0.15) is 0 Å². The Bertz CT molecular complexity index is 554. The second-order valence-electron chi connectivity index (χ2n) is 4.79. The van der Waals surface area contributed by atoms with E-state index in [2.05, 4.69) is 34.6 Å². The fraction of sp³-hybridized carbons (Fsp3) is 0.312. The van der Waals surface area contributed by atoms with Crippen molar-refractivity contribution in [3.63, 3.8) is 0 Å². The predicted octanol–water partition coefficient (Wildman–Crippen LogP) is 2.58. The van der Waals surface area contributed by atoms with E-state index in [0.29, 0.717) is 0 Å². The summed E-state index contributed by atoms with van der Waals surface area (Å²) in [4.78, 5) is 4.22. The van der Waals surface area contributed by atoms with Gasteiger partial charge in [-0.3, -0.25) is 4.98 Å². The summed E-state index contributed by atoms with van der Waals surface area (Å²) in [6.45, 7) is 1.64. The molecular weight excluding hydrogens is 236 g/mol. The summed E-state index contributed by atoms with van der Waals surface area (Å²) in [5.74, 6) is 0. The molecule has 0 fully saturated rings. The van der Waals surface area contributed by atoms with Gasteiger partial charge in [-0.05, 0) is 36.2 Å². The molecular formula is C16H18N2O. The van der Waals surface area contributed by atoms with Crippen LogP contribution in [0.4, 0.5) is 0 Å². The molecule has 0 saturated heterocycles. The Morgan fingerprint density at radius 3 is 3.05 bits per heavy atom. The molecule has 1 N–H and O–H groups in total. The van der Waals surface area contributed by atoms with E-state index in [1.807, 2.05) is 19.3 Å². The minimum absolute atomic E-state index is 0.130. The van der Waals surface area contributed by atoms with Gasteiger partial charge in [0.05, 0.1) is 12.7 Å². The van der Waals surface area contributed by atoms with Crippen LogP contribution in [-0.2, 0) is 11.2 Å². The first kappa shape index (κ1) is 12.3. The highest BCUT2D eigenvalue weighted by molar-refractivity contribution is 5.69. The molecule has 1 aliphatic heterocycles. The van der Waals surface area contributed by atoms with Crippen LogP contribution in [0.15, 0.2) is 42.7 Å². The van der Waals surface area contributed by atoms with Crippen molar-refractivity contribution in [3.05, 3.63) is 53.9 Å². The van der Waals surface area contributed by atoms with Crippen LogP contribution in [0.5, 0.6) is 0 Å². The molecule has 0 radical (unpaired) electrons. The molecule has 0 unspecified atom stereocenters. The summed E-state index contributed by atoms with van der Waals surface area (Å²) in [7, 11) is 1.96. The fourth-order valence-corrected chi connectivity index (χ4v) is 2.73. The first-order valence-corrected chi connectivity index (χ1v) is 6.68. The van der Waals surface area contributed by atoms with Crippen molar-refractivity contribution in [1.82, 2.24) is 10.3 Å². The minimum atomic E-state index is 0.130. The lowest BCUT2D eigenvalue weighted by molar-refractivity contribution is 0.0443. The lowest BCUT2D eigenvalue weighted by Gasteiger charge is -2.28. The summed E-state index contributed by atoms with van der Waals surface area (Å²) in [5.41, 5.74) is 5.11. The topological polar surface area (TPSA) is 34.1 Å². The van der Waals surface area contributed by atoms with Gasteiger partial charge >= 0.3 is 0 Å². The van der Waals surface area contributed by atoms with Crippen molar-refractivity contribution < 1.29 is 4.74 Å². The van der Waals surface area contributed by atoms with Crippen LogP contribution in [0.2, 0.25) is 0 Å². The highest BCUT2D eigenvalue weighted by Crippen LogP contribution is 2.35. The second-order valence-corrected chi connectivity index (χ2v) is 4.79. The Balaban J connectivity index is 2.11. The Morgan fingerprint density at radius 2 is 2.26 bits per heavy atom.